The summed E-state index contributed by atoms with van der Waals surface area (Å²) in [5.41, 5.74) is 1.84. The minimum Gasteiger partial charge on any atom is -0.0843 e. The van der Waals surface area contributed by atoms with E-state index in [0.717, 1.165) is 15.6 Å². The average molecular weight is 429 g/mol. The highest BCUT2D eigenvalue weighted by atomic mass is 79.9. The lowest BCUT2D eigenvalue weighted by molar-refractivity contribution is 1.18. The topological polar surface area (TPSA) is 0 Å². The maximum Gasteiger partial charge on any atom is 0.0674 e. The maximum absolute atomic E-state index is 6.23. The molecular formula is C13H7Br2Cl3. The van der Waals surface area contributed by atoms with Gasteiger partial charge in [0, 0.05) is 19.5 Å². The van der Waals surface area contributed by atoms with Gasteiger partial charge in [0.1, 0.15) is 0 Å². The monoisotopic (exact) mass is 426 g/mol. The van der Waals surface area contributed by atoms with Crippen molar-refractivity contribution in [1.82, 2.24) is 0 Å². The van der Waals surface area contributed by atoms with Crippen LogP contribution in [0.2, 0.25) is 15.1 Å². The van der Waals surface area contributed by atoms with Crippen molar-refractivity contribution in [3.8, 4) is 0 Å². The van der Waals surface area contributed by atoms with Crippen molar-refractivity contribution in [2.24, 2.45) is 0 Å². The molecule has 2 aromatic rings. The standard InChI is InChI=1S/C13H7Br2Cl3/c14-7-1-3-9(12(18)5-7)13(15)10-6-8(16)2-4-11(10)17/h1-6,13H. The number of rotatable bonds is 2. The number of alkyl halides is 1. The van der Waals surface area contributed by atoms with Crippen LogP contribution < -0.4 is 0 Å². The number of hydrogen-bond acceptors (Lipinski definition) is 0. The SMILES string of the molecule is Clc1ccc(Cl)c(C(Br)c2ccc(Br)cc2Cl)c1. The molecule has 94 valence electrons. The predicted octanol–water partition coefficient (Wildman–Crippen LogP) is 6.89. The summed E-state index contributed by atoms with van der Waals surface area (Å²) in [6, 6.07) is 11.1. The third-order valence-electron chi connectivity index (χ3n) is 2.47. The number of halogens is 5. The summed E-state index contributed by atoms with van der Waals surface area (Å²) >= 11 is 25.4. The Morgan fingerprint density at radius 3 is 2.22 bits per heavy atom. The largest absolute Gasteiger partial charge is 0.0843 e. The predicted molar refractivity (Wildman–Crippen MR) is 86.4 cm³/mol. The summed E-state index contributed by atoms with van der Waals surface area (Å²) in [5.74, 6) is 0. The molecule has 2 rings (SSSR count). The molecule has 0 amide bonds. The molecule has 0 fully saturated rings. The Morgan fingerprint density at radius 2 is 1.56 bits per heavy atom. The zero-order valence-electron chi connectivity index (χ0n) is 8.93. The fraction of sp³-hybridized carbons (Fsp3) is 0.0769. The minimum absolute atomic E-state index is 0.0932. The molecular weight excluding hydrogens is 422 g/mol. The Labute approximate surface area is 137 Å². The van der Waals surface area contributed by atoms with E-state index in [9.17, 15) is 0 Å². The number of hydrogen-bond donors (Lipinski definition) is 0. The van der Waals surface area contributed by atoms with E-state index in [1.165, 1.54) is 0 Å². The second kappa shape index (κ2) is 6.15. The molecule has 0 saturated carbocycles. The van der Waals surface area contributed by atoms with Gasteiger partial charge in [0.25, 0.3) is 0 Å². The smallest absolute Gasteiger partial charge is 0.0674 e. The zero-order chi connectivity index (χ0) is 13.3. The van der Waals surface area contributed by atoms with Gasteiger partial charge in [0.15, 0.2) is 0 Å². The normalized spacial score (nSPS) is 12.5. The van der Waals surface area contributed by atoms with Crippen LogP contribution in [0.3, 0.4) is 0 Å². The molecule has 5 heteroatoms. The van der Waals surface area contributed by atoms with Crippen molar-refractivity contribution in [2.75, 3.05) is 0 Å². The van der Waals surface area contributed by atoms with Crippen LogP contribution >= 0.6 is 66.7 Å². The Bertz CT molecular complexity index is 584. The molecule has 0 nitrogen and oxygen atoms in total. The van der Waals surface area contributed by atoms with Crippen LogP contribution in [0.1, 0.15) is 16.0 Å². The van der Waals surface area contributed by atoms with Crippen molar-refractivity contribution in [3.05, 3.63) is 67.1 Å². The summed E-state index contributed by atoms with van der Waals surface area (Å²) in [4.78, 5) is -0.0932. The van der Waals surface area contributed by atoms with Gasteiger partial charge in [-0.2, -0.15) is 0 Å². The van der Waals surface area contributed by atoms with Crippen molar-refractivity contribution >= 4 is 66.7 Å². The molecule has 2 aromatic carbocycles. The summed E-state index contributed by atoms with van der Waals surface area (Å²) in [6.07, 6.45) is 0. The highest BCUT2D eigenvalue weighted by Gasteiger charge is 2.17. The fourth-order valence-corrected chi connectivity index (χ4v) is 3.81. The molecule has 0 heterocycles. The van der Waals surface area contributed by atoms with Crippen LogP contribution in [0, 0.1) is 0 Å². The summed E-state index contributed by atoms with van der Waals surface area (Å²) < 4.78 is 0.938. The van der Waals surface area contributed by atoms with Gasteiger partial charge >= 0.3 is 0 Å². The Hall–Kier alpha value is 0.270. The van der Waals surface area contributed by atoms with Crippen LogP contribution in [-0.4, -0.2) is 0 Å². The molecule has 0 spiro atoms. The van der Waals surface area contributed by atoms with Crippen LogP contribution in [0.4, 0.5) is 0 Å². The third-order valence-corrected chi connectivity index (χ3v) is 4.85. The molecule has 0 aliphatic rings. The van der Waals surface area contributed by atoms with Gasteiger partial charge in [-0.05, 0) is 41.5 Å². The molecule has 0 N–H and O–H groups in total. The first-order valence-corrected chi connectivity index (χ1v) is 7.87. The minimum atomic E-state index is -0.0932. The van der Waals surface area contributed by atoms with E-state index in [4.69, 9.17) is 34.8 Å². The molecule has 0 bridgehead atoms. The van der Waals surface area contributed by atoms with Crippen LogP contribution in [0.15, 0.2) is 40.9 Å². The van der Waals surface area contributed by atoms with Gasteiger partial charge in [-0.15, -0.1) is 0 Å². The van der Waals surface area contributed by atoms with E-state index in [-0.39, 0.29) is 4.83 Å². The van der Waals surface area contributed by atoms with Crippen LogP contribution in [-0.2, 0) is 0 Å². The Balaban J connectivity index is 2.47. The molecule has 0 aliphatic heterocycles. The van der Waals surface area contributed by atoms with E-state index in [1.54, 1.807) is 12.1 Å². The zero-order valence-corrected chi connectivity index (χ0v) is 14.4. The third kappa shape index (κ3) is 3.23. The number of benzene rings is 2. The average Bonchev–Trinajstić information content (AvgIpc) is 2.31. The summed E-state index contributed by atoms with van der Waals surface area (Å²) in [6.45, 7) is 0. The summed E-state index contributed by atoms with van der Waals surface area (Å²) in [7, 11) is 0. The second-order valence-corrected chi connectivity index (χ2v) is 6.78. The second-order valence-electron chi connectivity index (χ2n) is 3.69. The van der Waals surface area contributed by atoms with E-state index in [1.807, 2.05) is 24.3 Å². The van der Waals surface area contributed by atoms with E-state index in [2.05, 4.69) is 31.9 Å². The Morgan fingerprint density at radius 1 is 0.833 bits per heavy atom. The van der Waals surface area contributed by atoms with E-state index < -0.39 is 0 Å². The van der Waals surface area contributed by atoms with Gasteiger partial charge in [-0.25, -0.2) is 0 Å². The van der Waals surface area contributed by atoms with Crippen LogP contribution in [0.25, 0.3) is 0 Å². The van der Waals surface area contributed by atoms with Gasteiger partial charge in [0.05, 0.1) is 4.83 Å². The van der Waals surface area contributed by atoms with Gasteiger partial charge < -0.3 is 0 Å². The highest BCUT2D eigenvalue weighted by molar-refractivity contribution is 9.10. The van der Waals surface area contributed by atoms with Crippen molar-refractivity contribution in [2.45, 2.75) is 4.83 Å². The molecule has 0 aromatic heterocycles. The summed E-state index contributed by atoms with van der Waals surface area (Å²) in [5, 5.41) is 1.97. The lowest BCUT2D eigenvalue weighted by atomic mass is 10.0. The first-order chi connectivity index (χ1) is 8.49. The molecule has 0 radical (unpaired) electrons. The van der Waals surface area contributed by atoms with Gasteiger partial charge in [-0.3, -0.25) is 0 Å². The molecule has 18 heavy (non-hydrogen) atoms. The first-order valence-electron chi connectivity index (χ1n) is 5.03. The molecule has 0 aliphatic carbocycles. The van der Waals surface area contributed by atoms with Gasteiger partial charge in [-0.1, -0.05) is 72.7 Å². The highest BCUT2D eigenvalue weighted by Crippen LogP contribution is 2.40. The lowest BCUT2D eigenvalue weighted by Gasteiger charge is -2.14. The maximum atomic E-state index is 6.23. The molecule has 1 atom stereocenters. The Kier molecular flexibility index (Phi) is 5.01. The van der Waals surface area contributed by atoms with Crippen molar-refractivity contribution in [3.63, 3.8) is 0 Å². The van der Waals surface area contributed by atoms with Crippen molar-refractivity contribution < 1.29 is 0 Å². The molecule has 0 saturated heterocycles. The van der Waals surface area contributed by atoms with E-state index in [0.29, 0.717) is 15.1 Å². The van der Waals surface area contributed by atoms with Crippen LogP contribution in [0.5, 0.6) is 0 Å². The van der Waals surface area contributed by atoms with Crippen molar-refractivity contribution in [1.29, 1.82) is 0 Å². The van der Waals surface area contributed by atoms with Gasteiger partial charge in [0.2, 0.25) is 0 Å². The lowest BCUT2D eigenvalue weighted by Crippen LogP contribution is -1.95. The fourth-order valence-electron chi connectivity index (χ4n) is 1.58. The quantitative estimate of drug-likeness (QED) is 0.456. The molecule has 1 unspecified atom stereocenters. The first kappa shape index (κ1) is 14.7. The van der Waals surface area contributed by atoms with E-state index >= 15 is 0 Å².